The number of hydrogen-bond donors (Lipinski definition) is 3. The van der Waals surface area contributed by atoms with Crippen LogP contribution in [0.5, 0.6) is 0 Å². The number of hydrazine groups is 2. The van der Waals surface area contributed by atoms with Crippen LogP contribution in [-0.2, 0) is 6.42 Å². The van der Waals surface area contributed by atoms with Crippen LogP contribution in [0.2, 0.25) is 0 Å². The van der Waals surface area contributed by atoms with Crippen LogP contribution in [0.3, 0.4) is 0 Å². The number of hydrogen-bond acceptors (Lipinski definition) is 7. The highest BCUT2D eigenvalue weighted by Crippen LogP contribution is 2.12. The Bertz CT molecular complexity index is 365. The fourth-order valence-corrected chi connectivity index (χ4v) is 1.87. The minimum absolute atomic E-state index is 0.637. The molecule has 2 rings (SSSR count). The van der Waals surface area contributed by atoms with Crippen molar-refractivity contribution in [2.24, 2.45) is 5.84 Å². The van der Waals surface area contributed by atoms with Gasteiger partial charge in [0.25, 0.3) is 0 Å². The zero-order valence-electron chi connectivity index (χ0n) is 11.0. The second-order valence-electron chi connectivity index (χ2n) is 4.45. The van der Waals surface area contributed by atoms with Gasteiger partial charge in [0, 0.05) is 38.7 Å². The van der Waals surface area contributed by atoms with Crippen LogP contribution in [0.15, 0.2) is 6.07 Å². The van der Waals surface area contributed by atoms with Gasteiger partial charge >= 0.3 is 0 Å². The molecule has 7 heteroatoms. The molecule has 0 saturated carbocycles. The van der Waals surface area contributed by atoms with Gasteiger partial charge in [-0.2, -0.15) is 0 Å². The Morgan fingerprint density at radius 1 is 1.22 bits per heavy atom. The van der Waals surface area contributed by atoms with Crippen LogP contribution in [0.4, 0.5) is 11.6 Å². The summed E-state index contributed by atoms with van der Waals surface area (Å²) in [5.74, 6) is 7.61. The summed E-state index contributed by atoms with van der Waals surface area (Å²) in [6.45, 7) is 6.09. The summed E-state index contributed by atoms with van der Waals surface area (Å²) in [5.41, 5.74) is 5.88. The molecule has 0 radical (unpaired) electrons. The Morgan fingerprint density at radius 3 is 2.50 bits per heavy atom. The van der Waals surface area contributed by atoms with E-state index in [9.17, 15) is 0 Å². The number of likely N-dealkylation sites (N-methyl/N-ethyl adjacent to an activating group) is 1. The molecule has 1 saturated heterocycles. The van der Waals surface area contributed by atoms with Crippen molar-refractivity contribution in [3.63, 3.8) is 0 Å². The summed E-state index contributed by atoms with van der Waals surface area (Å²) in [6.07, 6.45) is 0.785. The standard InChI is InChI=1S/C11H21N7/c1-3-9-13-10(15-12)8-11(14-9)16-18-6-4-17(2)5-7-18/h8H,3-7,12H2,1-2H3,(H2,13,14,15,16). The number of nitrogens with zero attached hydrogens (tertiary/aromatic N) is 4. The molecule has 1 aliphatic rings. The normalized spacial score (nSPS) is 17.7. The topological polar surface area (TPSA) is 82.3 Å². The van der Waals surface area contributed by atoms with Gasteiger partial charge in [0.05, 0.1) is 0 Å². The SMILES string of the molecule is CCc1nc(NN)cc(NN2CCN(C)CC2)n1. The first kappa shape index (κ1) is 13.0. The van der Waals surface area contributed by atoms with Gasteiger partial charge in [0.1, 0.15) is 17.5 Å². The molecule has 0 bridgehead atoms. The first-order chi connectivity index (χ1) is 8.71. The van der Waals surface area contributed by atoms with E-state index in [1.54, 1.807) is 0 Å². The van der Waals surface area contributed by atoms with Crippen molar-refractivity contribution in [2.45, 2.75) is 13.3 Å². The number of anilines is 2. The van der Waals surface area contributed by atoms with Gasteiger partial charge in [-0.25, -0.2) is 20.8 Å². The highest BCUT2D eigenvalue weighted by molar-refractivity contribution is 5.46. The van der Waals surface area contributed by atoms with Gasteiger partial charge in [0.2, 0.25) is 0 Å². The van der Waals surface area contributed by atoms with Gasteiger partial charge in [0.15, 0.2) is 0 Å². The van der Waals surface area contributed by atoms with Crippen molar-refractivity contribution in [1.29, 1.82) is 0 Å². The number of rotatable bonds is 4. The van der Waals surface area contributed by atoms with E-state index in [1.807, 2.05) is 13.0 Å². The average Bonchev–Trinajstić information content (AvgIpc) is 2.41. The predicted octanol–water partition coefficient (Wildman–Crippen LogP) is -0.101. The summed E-state index contributed by atoms with van der Waals surface area (Å²) in [4.78, 5) is 11.0. The Kier molecular flexibility index (Phi) is 4.29. The Labute approximate surface area is 107 Å². The predicted molar refractivity (Wildman–Crippen MR) is 71.9 cm³/mol. The lowest BCUT2D eigenvalue weighted by atomic mass is 10.4. The first-order valence-corrected chi connectivity index (χ1v) is 6.26. The lowest BCUT2D eigenvalue weighted by Gasteiger charge is -2.32. The third kappa shape index (κ3) is 3.28. The Balaban J connectivity index is 2.03. The summed E-state index contributed by atoms with van der Waals surface area (Å²) in [6, 6.07) is 1.82. The first-order valence-electron chi connectivity index (χ1n) is 6.26. The number of piperazine rings is 1. The molecule has 0 aromatic carbocycles. The maximum absolute atomic E-state index is 5.41. The van der Waals surface area contributed by atoms with E-state index in [0.29, 0.717) is 5.82 Å². The Morgan fingerprint density at radius 2 is 1.89 bits per heavy atom. The molecule has 100 valence electrons. The molecule has 1 aromatic heterocycles. The van der Waals surface area contributed by atoms with Crippen molar-refractivity contribution in [3.8, 4) is 0 Å². The molecule has 0 unspecified atom stereocenters. The minimum Gasteiger partial charge on any atom is -0.308 e. The van der Waals surface area contributed by atoms with Gasteiger partial charge in [-0.05, 0) is 7.05 Å². The van der Waals surface area contributed by atoms with Gasteiger partial charge in [-0.3, -0.25) is 0 Å². The largest absolute Gasteiger partial charge is 0.308 e. The molecule has 0 aliphatic carbocycles. The molecule has 0 spiro atoms. The molecule has 18 heavy (non-hydrogen) atoms. The number of aryl methyl sites for hydroxylation is 1. The monoisotopic (exact) mass is 251 g/mol. The van der Waals surface area contributed by atoms with E-state index in [-0.39, 0.29) is 0 Å². The molecule has 1 aromatic rings. The second-order valence-corrected chi connectivity index (χ2v) is 4.45. The number of aromatic nitrogens is 2. The highest BCUT2D eigenvalue weighted by Gasteiger charge is 2.14. The average molecular weight is 251 g/mol. The van der Waals surface area contributed by atoms with Crippen molar-refractivity contribution in [3.05, 3.63) is 11.9 Å². The number of nitrogens with two attached hydrogens (primary N) is 1. The fraction of sp³-hybridized carbons (Fsp3) is 0.636. The molecule has 7 nitrogen and oxygen atoms in total. The molecule has 1 aliphatic heterocycles. The maximum atomic E-state index is 5.41. The second kappa shape index (κ2) is 5.94. The molecule has 0 atom stereocenters. The molecule has 2 heterocycles. The van der Waals surface area contributed by atoms with E-state index >= 15 is 0 Å². The quantitative estimate of drug-likeness (QED) is 0.509. The third-order valence-electron chi connectivity index (χ3n) is 3.01. The summed E-state index contributed by atoms with van der Waals surface area (Å²) >= 11 is 0. The zero-order chi connectivity index (χ0) is 13.0. The highest BCUT2D eigenvalue weighted by atomic mass is 15.5. The van der Waals surface area contributed by atoms with Crippen LogP contribution in [-0.4, -0.2) is 53.1 Å². The summed E-state index contributed by atoms with van der Waals surface area (Å²) in [7, 11) is 2.13. The molecule has 4 N–H and O–H groups in total. The molecule has 1 fully saturated rings. The molecule has 0 amide bonds. The van der Waals surface area contributed by atoms with Crippen LogP contribution >= 0.6 is 0 Å². The van der Waals surface area contributed by atoms with Crippen LogP contribution in [0, 0.1) is 0 Å². The maximum Gasteiger partial charge on any atom is 0.146 e. The Hall–Kier alpha value is -1.44. The van der Waals surface area contributed by atoms with Crippen molar-refractivity contribution >= 4 is 11.6 Å². The smallest absolute Gasteiger partial charge is 0.146 e. The van der Waals surface area contributed by atoms with Crippen LogP contribution < -0.4 is 16.7 Å². The van der Waals surface area contributed by atoms with Gasteiger partial charge in [-0.15, -0.1) is 0 Å². The summed E-state index contributed by atoms with van der Waals surface area (Å²) in [5, 5.41) is 2.17. The number of nitrogen functional groups attached to an aromatic ring is 1. The van der Waals surface area contributed by atoms with E-state index in [2.05, 4.69) is 37.8 Å². The third-order valence-corrected chi connectivity index (χ3v) is 3.01. The lowest BCUT2D eigenvalue weighted by molar-refractivity contribution is 0.178. The number of nitrogens with one attached hydrogen (secondary N) is 2. The van der Waals surface area contributed by atoms with Gasteiger partial charge in [-0.1, -0.05) is 6.92 Å². The summed E-state index contributed by atoms with van der Waals surface area (Å²) < 4.78 is 0. The molecular formula is C11H21N7. The lowest BCUT2D eigenvalue weighted by Crippen LogP contribution is -2.47. The van der Waals surface area contributed by atoms with E-state index < -0.39 is 0 Å². The zero-order valence-corrected chi connectivity index (χ0v) is 11.0. The van der Waals surface area contributed by atoms with E-state index in [4.69, 9.17) is 5.84 Å². The van der Waals surface area contributed by atoms with E-state index in [0.717, 1.165) is 44.2 Å². The van der Waals surface area contributed by atoms with Crippen molar-refractivity contribution in [1.82, 2.24) is 19.9 Å². The van der Waals surface area contributed by atoms with E-state index in [1.165, 1.54) is 0 Å². The van der Waals surface area contributed by atoms with Crippen LogP contribution in [0.1, 0.15) is 12.7 Å². The fourth-order valence-electron chi connectivity index (χ4n) is 1.87. The molecular weight excluding hydrogens is 230 g/mol. The van der Waals surface area contributed by atoms with Crippen LogP contribution in [0.25, 0.3) is 0 Å². The van der Waals surface area contributed by atoms with Crippen molar-refractivity contribution < 1.29 is 0 Å². The minimum atomic E-state index is 0.637. The van der Waals surface area contributed by atoms with Crippen molar-refractivity contribution in [2.75, 3.05) is 44.1 Å². The van der Waals surface area contributed by atoms with Gasteiger partial charge < -0.3 is 15.8 Å².